The number of nitrogens with one attached hydrogen (secondary N) is 1. The molecule has 0 aliphatic carbocycles. The SMILES string of the molecule is CCCNC(=O)[C@H](Cc1ccccc1)N(Cc1ccccc1C)C(=O)CCc1ccc(C)cc1. The summed E-state index contributed by atoms with van der Waals surface area (Å²) in [6.45, 7) is 7.15. The quantitative estimate of drug-likeness (QED) is 0.420. The Labute approximate surface area is 204 Å². The van der Waals surface area contributed by atoms with Gasteiger partial charge in [0, 0.05) is 25.9 Å². The topological polar surface area (TPSA) is 49.4 Å². The van der Waals surface area contributed by atoms with Gasteiger partial charge in [0.05, 0.1) is 0 Å². The van der Waals surface area contributed by atoms with E-state index in [0.29, 0.717) is 32.4 Å². The monoisotopic (exact) mass is 456 g/mol. The van der Waals surface area contributed by atoms with E-state index in [9.17, 15) is 9.59 Å². The molecule has 0 bridgehead atoms. The zero-order valence-corrected chi connectivity index (χ0v) is 20.6. The van der Waals surface area contributed by atoms with E-state index in [-0.39, 0.29) is 11.8 Å². The zero-order chi connectivity index (χ0) is 24.3. The normalized spacial score (nSPS) is 11.6. The van der Waals surface area contributed by atoms with E-state index in [2.05, 4.69) is 36.5 Å². The molecule has 0 aliphatic heterocycles. The van der Waals surface area contributed by atoms with E-state index in [1.807, 2.05) is 68.4 Å². The first-order valence-corrected chi connectivity index (χ1v) is 12.2. The van der Waals surface area contributed by atoms with Gasteiger partial charge in [-0.25, -0.2) is 0 Å². The highest BCUT2D eigenvalue weighted by Crippen LogP contribution is 2.19. The van der Waals surface area contributed by atoms with Crippen molar-refractivity contribution in [1.29, 1.82) is 0 Å². The van der Waals surface area contributed by atoms with Gasteiger partial charge in [0.25, 0.3) is 0 Å². The Morgan fingerprint density at radius 1 is 0.853 bits per heavy atom. The van der Waals surface area contributed by atoms with Gasteiger partial charge < -0.3 is 10.2 Å². The first kappa shape index (κ1) is 25.2. The van der Waals surface area contributed by atoms with Crippen molar-refractivity contribution in [2.75, 3.05) is 6.54 Å². The molecule has 3 aromatic rings. The summed E-state index contributed by atoms with van der Waals surface area (Å²) in [6.07, 6.45) is 2.35. The first-order chi connectivity index (χ1) is 16.5. The Morgan fingerprint density at radius 3 is 2.21 bits per heavy atom. The lowest BCUT2D eigenvalue weighted by molar-refractivity contribution is -0.141. The molecule has 0 saturated heterocycles. The van der Waals surface area contributed by atoms with Crippen LogP contribution in [0.2, 0.25) is 0 Å². The van der Waals surface area contributed by atoms with Crippen LogP contribution in [0.15, 0.2) is 78.9 Å². The highest BCUT2D eigenvalue weighted by atomic mass is 16.2. The molecule has 34 heavy (non-hydrogen) atoms. The number of rotatable bonds is 11. The molecule has 1 N–H and O–H groups in total. The van der Waals surface area contributed by atoms with Crippen molar-refractivity contribution in [3.63, 3.8) is 0 Å². The Balaban J connectivity index is 1.89. The van der Waals surface area contributed by atoms with Gasteiger partial charge in [-0.1, -0.05) is 91.3 Å². The van der Waals surface area contributed by atoms with Gasteiger partial charge in [-0.15, -0.1) is 0 Å². The maximum absolute atomic E-state index is 13.7. The molecule has 0 saturated carbocycles. The van der Waals surface area contributed by atoms with Gasteiger partial charge in [-0.2, -0.15) is 0 Å². The number of nitrogens with zero attached hydrogens (tertiary/aromatic N) is 1. The summed E-state index contributed by atoms with van der Waals surface area (Å²) in [4.78, 5) is 28.8. The van der Waals surface area contributed by atoms with Crippen LogP contribution in [0.4, 0.5) is 0 Å². The van der Waals surface area contributed by atoms with Crippen LogP contribution in [0.1, 0.15) is 47.6 Å². The lowest BCUT2D eigenvalue weighted by Crippen LogP contribution is -2.50. The molecule has 0 aliphatic rings. The minimum absolute atomic E-state index is 0.00333. The van der Waals surface area contributed by atoms with Crippen molar-refractivity contribution in [3.8, 4) is 0 Å². The van der Waals surface area contributed by atoms with Gasteiger partial charge in [-0.3, -0.25) is 9.59 Å². The van der Waals surface area contributed by atoms with Gasteiger partial charge in [0.2, 0.25) is 11.8 Å². The van der Waals surface area contributed by atoms with Crippen molar-refractivity contribution in [2.24, 2.45) is 0 Å². The predicted octanol–water partition coefficient (Wildman–Crippen LogP) is 5.40. The Morgan fingerprint density at radius 2 is 1.53 bits per heavy atom. The zero-order valence-electron chi connectivity index (χ0n) is 20.6. The number of amides is 2. The molecular formula is C30H36N2O2. The number of carbonyl (C=O) groups excluding carboxylic acids is 2. The third kappa shape index (κ3) is 7.31. The molecule has 0 spiro atoms. The van der Waals surface area contributed by atoms with Crippen molar-refractivity contribution in [1.82, 2.24) is 10.2 Å². The van der Waals surface area contributed by atoms with E-state index in [1.165, 1.54) is 5.56 Å². The summed E-state index contributed by atoms with van der Waals surface area (Å²) in [7, 11) is 0. The lowest BCUT2D eigenvalue weighted by Gasteiger charge is -2.32. The Kier molecular flexibility index (Phi) is 9.45. The van der Waals surface area contributed by atoms with Crippen LogP contribution < -0.4 is 5.32 Å². The van der Waals surface area contributed by atoms with E-state index >= 15 is 0 Å². The second kappa shape index (κ2) is 12.7. The molecule has 4 nitrogen and oxygen atoms in total. The van der Waals surface area contributed by atoms with E-state index in [1.54, 1.807) is 4.90 Å². The molecule has 1 atom stereocenters. The molecule has 0 unspecified atom stereocenters. The maximum atomic E-state index is 13.7. The van der Waals surface area contributed by atoms with E-state index in [0.717, 1.165) is 28.7 Å². The van der Waals surface area contributed by atoms with Gasteiger partial charge in [-0.05, 0) is 48.9 Å². The van der Waals surface area contributed by atoms with Gasteiger partial charge >= 0.3 is 0 Å². The predicted molar refractivity (Wildman–Crippen MR) is 138 cm³/mol. The highest BCUT2D eigenvalue weighted by molar-refractivity contribution is 5.88. The number of benzene rings is 3. The van der Waals surface area contributed by atoms with Crippen molar-refractivity contribution in [2.45, 2.75) is 59.0 Å². The summed E-state index contributed by atoms with van der Waals surface area (Å²) in [5.41, 5.74) is 5.55. The summed E-state index contributed by atoms with van der Waals surface area (Å²) in [5, 5.41) is 3.04. The van der Waals surface area contributed by atoms with Crippen molar-refractivity contribution < 1.29 is 9.59 Å². The van der Waals surface area contributed by atoms with Crippen LogP contribution >= 0.6 is 0 Å². The Bertz CT molecular complexity index is 1060. The smallest absolute Gasteiger partial charge is 0.243 e. The highest BCUT2D eigenvalue weighted by Gasteiger charge is 2.30. The average Bonchev–Trinajstić information content (AvgIpc) is 2.85. The standard InChI is InChI=1S/C30H36N2O2/c1-4-20-31-30(34)28(21-26-11-6-5-7-12-26)32(22-27-13-9-8-10-24(27)3)29(33)19-18-25-16-14-23(2)15-17-25/h5-17,28H,4,18-22H2,1-3H3,(H,31,34)/t28-/m0/s1. The summed E-state index contributed by atoms with van der Waals surface area (Å²) < 4.78 is 0. The number of carbonyl (C=O) groups is 2. The van der Waals surface area contributed by atoms with Crippen molar-refractivity contribution in [3.05, 3.63) is 107 Å². The fraction of sp³-hybridized carbons (Fsp3) is 0.333. The van der Waals surface area contributed by atoms with Crippen LogP contribution in [0.25, 0.3) is 0 Å². The number of hydrogen-bond acceptors (Lipinski definition) is 2. The summed E-state index contributed by atoms with van der Waals surface area (Å²) >= 11 is 0. The van der Waals surface area contributed by atoms with Crippen LogP contribution in [0.5, 0.6) is 0 Å². The molecule has 0 radical (unpaired) electrons. The van der Waals surface area contributed by atoms with E-state index < -0.39 is 6.04 Å². The van der Waals surface area contributed by atoms with Crippen LogP contribution in [-0.2, 0) is 29.0 Å². The average molecular weight is 457 g/mol. The Hall–Kier alpha value is -3.40. The third-order valence-corrected chi connectivity index (χ3v) is 6.17. The molecule has 0 aromatic heterocycles. The largest absolute Gasteiger partial charge is 0.354 e. The number of aryl methyl sites for hydroxylation is 3. The first-order valence-electron chi connectivity index (χ1n) is 12.2. The second-order valence-electron chi connectivity index (χ2n) is 8.93. The fourth-order valence-electron chi connectivity index (χ4n) is 4.04. The minimum atomic E-state index is -0.570. The fourth-order valence-corrected chi connectivity index (χ4v) is 4.04. The van der Waals surface area contributed by atoms with E-state index in [4.69, 9.17) is 0 Å². The summed E-state index contributed by atoms with van der Waals surface area (Å²) in [6, 6.07) is 25.7. The lowest BCUT2D eigenvalue weighted by atomic mass is 10.00. The van der Waals surface area contributed by atoms with Crippen LogP contribution in [-0.4, -0.2) is 29.3 Å². The molecule has 3 rings (SSSR count). The molecular weight excluding hydrogens is 420 g/mol. The van der Waals surface area contributed by atoms with Crippen LogP contribution in [0.3, 0.4) is 0 Å². The second-order valence-corrected chi connectivity index (χ2v) is 8.93. The maximum Gasteiger partial charge on any atom is 0.243 e. The molecule has 0 heterocycles. The molecule has 3 aromatic carbocycles. The van der Waals surface area contributed by atoms with Crippen molar-refractivity contribution >= 4 is 11.8 Å². The summed E-state index contributed by atoms with van der Waals surface area (Å²) in [5.74, 6) is -0.0978. The number of hydrogen-bond donors (Lipinski definition) is 1. The third-order valence-electron chi connectivity index (χ3n) is 6.17. The molecule has 0 fully saturated rings. The molecule has 2 amide bonds. The molecule has 178 valence electrons. The molecule has 4 heteroatoms. The van der Waals surface area contributed by atoms with Gasteiger partial charge in [0.15, 0.2) is 0 Å². The minimum Gasteiger partial charge on any atom is -0.354 e. The van der Waals surface area contributed by atoms with Crippen LogP contribution in [0, 0.1) is 13.8 Å². The van der Waals surface area contributed by atoms with Gasteiger partial charge in [0.1, 0.15) is 6.04 Å².